The normalized spacial score (nSPS) is 10.3. The molecule has 3 nitrogen and oxygen atoms in total. The number of hydrogen-bond donors (Lipinski definition) is 1. The highest BCUT2D eigenvalue weighted by molar-refractivity contribution is 9.10. The number of rotatable bonds is 4. The topological polar surface area (TPSA) is 38.7 Å². The Bertz CT molecular complexity index is 312. The van der Waals surface area contributed by atoms with Crippen molar-refractivity contribution in [2.75, 3.05) is 13.9 Å². The van der Waals surface area contributed by atoms with Crippen LogP contribution in [0.15, 0.2) is 16.6 Å². The van der Waals surface area contributed by atoms with Gasteiger partial charge in [-0.05, 0) is 13.0 Å². The Morgan fingerprint density at radius 3 is 2.71 bits per heavy atom. The van der Waals surface area contributed by atoms with Crippen molar-refractivity contribution < 1.29 is 14.6 Å². The van der Waals surface area contributed by atoms with Crippen LogP contribution in [0, 0.1) is 6.92 Å². The van der Waals surface area contributed by atoms with Gasteiger partial charge in [-0.2, -0.15) is 0 Å². The minimum absolute atomic E-state index is 0.0346. The quantitative estimate of drug-likeness (QED) is 0.845. The second kappa shape index (κ2) is 5.34. The molecule has 0 amide bonds. The zero-order chi connectivity index (χ0) is 10.6. The van der Waals surface area contributed by atoms with Gasteiger partial charge in [-0.1, -0.05) is 22.0 Å². The van der Waals surface area contributed by atoms with Gasteiger partial charge in [-0.25, -0.2) is 0 Å². The summed E-state index contributed by atoms with van der Waals surface area (Å²) in [5.74, 6) is 0.684. The fourth-order valence-corrected chi connectivity index (χ4v) is 1.48. The highest BCUT2D eigenvalue weighted by Crippen LogP contribution is 2.30. The zero-order valence-corrected chi connectivity index (χ0v) is 9.80. The van der Waals surface area contributed by atoms with E-state index in [9.17, 15) is 0 Å². The molecule has 0 spiro atoms. The Hall–Kier alpha value is -0.580. The average molecular weight is 261 g/mol. The zero-order valence-electron chi connectivity index (χ0n) is 8.21. The van der Waals surface area contributed by atoms with E-state index in [0.717, 1.165) is 15.6 Å². The molecule has 0 radical (unpaired) electrons. The monoisotopic (exact) mass is 260 g/mol. The van der Waals surface area contributed by atoms with Gasteiger partial charge in [0, 0.05) is 22.7 Å². The minimum Gasteiger partial charge on any atom is -0.467 e. The van der Waals surface area contributed by atoms with E-state index in [1.807, 2.05) is 19.1 Å². The first-order valence-corrected chi connectivity index (χ1v) is 5.00. The van der Waals surface area contributed by atoms with Gasteiger partial charge in [0.05, 0.1) is 6.61 Å². The van der Waals surface area contributed by atoms with Crippen LogP contribution < -0.4 is 4.74 Å². The van der Waals surface area contributed by atoms with Crippen molar-refractivity contribution in [1.82, 2.24) is 0 Å². The lowest BCUT2D eigenvalue weighted by atomic mass is 10.1. The van der Waals surface area contributed by atoms with Gasteiger partial charge in [0.15, 0.2) is 6.79 Å². The van der Waals surface area contributed by atoms with Gasteiger partial charge >= 0.3 is 0 Å². The summed E-state index contributed by atoms with van der Waals surface area (Å²) in [4.78, 5) is 0. The molecule has 1 N–H and O–H groups in total. The molecule has 0 fully saturated rings. The maximum Gasteiger partial charge on any atom is 0.188 e. The van der Waals surface area contributed by atoms with Crippen molar-refractivity contribution in [2.24, 2.45) is 0 Å². The van der Waals surface area contributed by atoms with Crippen LogP contribution in [0.1, 0.15) is 11.1 Å². The van der Waals surface area contributed by atoms with Gasteiger partial charge in [0.25, 0.3) is 0 Å². The van der Waals surface area contributed by atoms with Crippen LogP contribution in [0.4, 0.5) is 0 Å². The predicted octanol–water partition coefficient (Wildman–Crippen LogP) is 2.23. The van der Waals surface area contributed by atoms with Crippen LogP contribution in [0.3, 0.4) is 0 Å². The van der Waals surface area contributed by atoms with Crippen LogP contribution in [-0.4, -0.2) is 19.0 Å². The Labute approximate surface area is 91.8 Å². The van der Waals surface area contributed by atoms with Crippen molar-refractivity contribution in [3.63, 3.8) is 0 Å². The summed E-state index contributed by atoms with van der Waals surface area (Å²) in [6.45, 7) is 2.08. The molecule has 14 heavy (non-hydrogen) atoms. The van der Waals surface area contributed by atoms with Crippen molar-refractivity contribution in [3.8, 4) is 5.75 Å². The maximum absolute atomic E-state index is 9.10. The highest BCUT2D eigenvalue weighted by Gasteiger charge is 2.09. The fourth-order valence-electron chi connectivity index (χ4n) is 1.17. The number of methoxy groups -OCH3 is 1. The number of ether oxygens (including phenoxy) is 2. The molecule has 0 unspecified atom stereocenters. The third-order valence-corrected chi connectivity index (χ3v) is 2.77. The largest absolute Gasteiger partial charge is 0.467 e. The van der Waals surface area contributed by atoms with E-state index >= 15 is 0 Å². The van der Waals surface area contributed by atoms with Gasteiger partial charge in [-0.15, -0.1) is 0 Å². The molecule has 4 heteroatoms. The summed E-state index contributed by atoms with van der Waals surface area (Å²) >= 11 is 3.40. The summed E-state index contributed by atoms with van der Waals surface area (Å²) in [5.41, 5.74) is 1.73. The molecule has 1 aromatic carbocycles. The second-order valence-electron chi connectivity index (χ2n) is 2.87. The van der Waals surface area contributed by atoms with Crippen molar-refractivity contribution in [2.45, 2.75) is 13.5 Å². The molecule has 0 saturated carbocycles. The van der Waals surface area contributed by atoms with Gasteiger partial charge in [0.2, 0.25) is 0 Å². The average Bonchev–Trinajstić information content (AvgIpc) is 2.20. The lowest BCUT2D eigenvalue weighted by Crippen LogP contribution is -2.03. The summed E-state index contributed by atoms with van der Waals surface area (Å²) in [7, 11) is 1.56. The summed E-state index contributed by atoms with van der Waals surface area (Å²) in [6, 6.07) is 3.71. The third-order valence-electron chi connectivity index (χ3n) is 1.91. The van der Waals surface area contributed by atoms with E-state index in [1.165, 1.54) is 0 Å². The smallest absolute Gasteiger partial charge is 0.188 e. The molecular formula is C10H13BrO3. The standard InChI is InChI=1S/C10H13BrO3/c1-7-9(11)4-3-8(5-12)10(7)14-6-13-2/h3-4,12H,5-6H2,1-2H3. The minimum atomic E-state index is -0.0346. The molecule has 1 rings (SSSR count). The molecule has 0 saturated heterocycles. The van der Waals surface area contributed by atoms with E-state index in [2.05, 4.69) is 15.9 Å². The number of halogens is 1. The predicted molar refractivity (Wildman–Crippen MR) is 57.3 cm³/mol. The van der Waals surface area contributed by atoms with E-state index in [-0.39, 0.29) is 13.4 Å². The first kappa shape index (κ1) is 11.5. The van der Waals surface area contributed by atoms with Crippen molar-refractivity contribution in [1.29, 1.82) is 0 Å². The lowest BCUT2D eigenvalue weighted by Gasteiger charge is -2.13. The molecule has 78 valence electrons. The number of benzene rings is 1. The van der Waals surface area contributed by atoms with Crippen LogP contribution in [0.25, 0.3) is 0 Å². The molecule has 0 heterocycles. The van der Waals surface area contributed by atoms with E-state index in [1.54, 1.807) is 7.11 Å². The van der Waals surface area contributed by atoms with E-state index in [4.69, 9.17) is 14.6 Å². The van der Waals surface area contributed by atoms with Crippen LogP contribution in [0.2, 0.25) is 0 Å². The van der Waals surface area contributed by atoms with E-state index in [0.29, 0.717) is 5.75 Å². The van der Waals surface area contributed by atoms with Crippen molar-refractivity contribution in [3.05, 3.63) is 27.7 Å². The number of hydrogen-bond acceptors (Lipinski definition) is 3. The Morgan fingerprint density at radius 1 is 1.43 bits per heavy atom. The summed E-state index contributed by atoms with van der Waals surface area (Å²) < 4.78 is 11.2. The SMILES string of the molecule is COCOc1c(CO)ccc(Br)c1C. The van der Waals surface area contributed by atoms with Crippen LogP contribution >= 0.6 is 15.9 Å². The molecule has 0 atom stereocenters. The first-order chi connectivity index (χ1) is 6.70. The van der Waals surface area contributed by atoms with E-state index < -0.39 is 0 Å². The van der Waals surface area contributed by atoms with Crippen LogP contribution in [-0.2, 0) is 11.3 Å². The third kappa shape index (κ3) is 2.47. The number of aliphatic hydroxyl groups excluding tert-OH is 1. The molecular weight excluding hydrogens is 248 g/mol. The molecule has 1 aromatic rings. The summed E-state index contributed by atoms with van der Waals surface area (Å²) in [6.07, 6.45) is 0. The molecule has 0 aliphatic heterocycles. The van der Waals surface area contributed by atoms with Gasteiger partial charge in [-0.3, -0.25) is 0 Å². The molecule has 0 aliphatic carbocycles. The van der Waals surface area contributed by atoms with Gasteiger partial charge < -0.3 is 14.6 Å². The highest BCUT2D eigenvalue weighted by atomic mass is 79.9. The van der Waals surface area contributed by atoms with Gasteiger partial charge in [0.1, 0.15) is 5.75 Å². The molecule has 0 aliphatic rings. The Kier molecular flexibility index (Phi) is 4.38. The van der Waals surface area contributed by atoms with Crippen molar-refractivity contribution >= 4 is 15.9 Å². The maximum atomic E-state index is 9.10. The fraction of sp³-hybridized carbons (Fsp3) is 0.400. The second-order valence-corrected chi connectivity index (χ2v) is 3.72. The molecule has 0 aromatic heterocycles. The van der Waals surface area contributed by atoms with Crippen LogP contribution in [0.5, 0.6) is 5.75 Å². The Morgan fingerprint density at radius 2 is 2.14 bits per heavy atom. The summed E-state index contributed by atoms with van der Waals surface area (Å²) in [5, 5.41) is 9.10. The number of aliphatic hydroxyl groups is 1. The molecule has 0 bridgehead atoms. The Balaban J connectivity index is 3.01. The first-order valence-electron chi connectivity index (χ1n) is 4.21. The lowest BCUT2D eigenvalue weighted by molar-refractivity contribution is 0.0489.